The van der Waals surface area contributed by atoms with Crippen molar-refractivity contribution >= 4 is 11.9 Å². The Morgan fingerprint density at radius 3 is 2.04 bits per heavy atom. The molecule has 0 spiro atoms. The monoisotopic (exact) mass is 346 g/mol. The number of aliphatic carboxylic acids is 2. The van der Waals surface area contributed by atoms with Gasteiger partial charge in [0.1, 0.15) is 0 Å². The molecule has 0 aliphatic carbocycles. The summed E-state index contributed by atoms with van der Waals surface area (Å²) in [5.41, 5.74) is -1.43. The maximum Gasteiger partial charge on any atom is 0.325 e. The van der Waals surface area contributed by atoms with E-state index in [1.807, 2.05) is 20.8 Å². The van der Waals surface area contributed by atoms with Crippen LogP contribution in [0.25, 0.3) is 0 Å². The molecule has 1 aromatic rings. The van der Waals surface area contributed by atoms with Gasteiger partial charge in [-0.1, -0.05) is 69.8 Å². The van der Waals surface area contributed by atoms with E-state index in [1.54, 1.807) is 37.5 Å². The Labute approximate surface area is 148 Å². The van der Waals surface area contributed by atoms with Gasteiger partial charge in [0.25, 0.3) is 0 Å². The topological polar surface area (TPSA) is 83.8 Å². The molecule has 25 heavy (non-hydrogen) atoms. The van der Waals surface area contributed by atoms with Crippen LogP contribution < -0.4 is 0 Å². The van der Waals surface area contributed by atoms with Gasteiger partial charge in [-0.25, -0.2) is 0 Å². The zero-order valence-corrected chi connectivity index (χ0v) is 15.2. The van der Waals surface area contributed by atoms with Crippen molar-refractivity contribution in [3.8, 4) is 0 Å². The van der Waals surface area contributed by atoms with Crippen LogP contribution in [0.5, 0.6) is 0 Å². The Hall–Kier alpha value is -2.40. The van der Waals surface area contributed by atoms with Crippen molar-refractivity contribution in [3.63, 3.8) is 0 Å². The molecule has 0 amide bonds. The lowest BCUT2D eigenvalue weighted by Gasteiger charge is -2.31. The highest BCUT2D eigenvalue weighted by Crippen LogP contribution is 2.33. The molecule has 0 heterocycles. The van der Waals surface area contributed by atoms with E-state index in [0.717, 1.165) is 0 Å². The summed E-state index contributed by atoms with van der Waals surface area (Å²) in [6.45, 7) is 9.71. The largest absolute Gasteiger partial charge is 0.480 e. The molecule has 1 rings (SSSR count). The van der Waals surface area contributed by atoms with Gasteiger partial charge in [-0.05, 0) is 23.0 Å². The smallest absolute Gasteiger partial charge is 0.325 e. The predicted octanol–water partition coefficient (Wildman–Crippen LogP) is 3.66. The van der Waals surface area contributed by atoms with Crippen molar-refractivity contribution in [2.45, 2.75) is 38.7 Å². The molecule has 0 aliphatic rings. The summed E-state index contributed by atoms with van der Waals surface area (Å²) < 4.78 is 5.53. The van der Waals surface area contributed by atoms with Crippen LogP contribution in [0, 0.1) is 5.41 Å². The van der Waals surface area contributed by atoms with Gasteiger partial charge in [-0.2, -0.15) is 0 Å². The van der Waals surface area contributed by atoms with Crippen molar-refractivity contribution in [2.75, 3.05) is 7.11 Å². The summed E-state index contributed by atoms with van der Waals surface area (Å²) in [4.78, 5) is 23.9. The van der Waals surface area contributed by atoms with E-state index in [2.05, 4.69) is 6.58 Å². The van der Waals surface area contributed by atoms with E-state index >= 15 is 0 Å². The van der Waals surface area contributed by atoms with E-state index in [9.17, 15) is 19.8 Å². The van der Waals surface area contributed by atoms with Crippen LogP contribution in [0.3, 0.4) is 0 Å². The SMILES string of the molecule is C=C/C(=C\CC(C(=O)O)(C(=O)O)c1ccccc1)[C@H](OC)C(C)(C)C. The van der Waals surface area contributed by atoms with Crippen LogP contribution >= 0.6 is 0 Å². The van der Waals surface area contributed by atoms with Crippen LogP contribution in [-0.4, -0.2) is 35.4 Å². The van der Waals surface area contributed by atoms with Crippen LogP contribution in [0.15, 0.2) is 54.6 Å². The fourth-order valence-corrected chi connectivity index (χ4v) is 2.91. The fraction of sp³-hybridized carbons (Fsp3) is 0.400. The number of methoxy groups -OCH3 is 1. The minimum atomic E-state index is -2.06. The second-order valence-electron chi connectivity index (χ2n) is 6.98. The highest BCUT2D eigenvalue weighted by Gasteiger charge is 2.47. The van der Waals surface area contributed by atoms with E-state index in [-0.39, 0.29) is 23.5 Å². The van der Waals surface area contributed by atoms with Crippen LogP contribution in [0.1, 0.15) is 32.8 Å². The maximum atomic E-state index is 11.9. The van der Waals surface area contributed by atoms with E-state index in [1.165, 1.54) is 12.1 Å². The number of carboxylic acids is 2. The molecule has 0 bridgehead atoms. The molecule has 0 unspecified atom stereocenters. The molecule has 0 saturated carbocycles. The zero-order valence-electron chi connectivity index (χ0n) is 15.2. The molecule has 0 radical (unpaired) electrons. The van der Waals surface area contributed by atoms with E-state index < -0.39 is 17.4 Å². The van der Waals surface area contributed by atoms with Crippen molar-refractivity contribution in [3.05, 3.63) is 60.2 Å². The molecule has 0 fully saturated rings. The molecule has 1 aromatic carbocycles. The first kappa shape index (κ1) is 20.6. The second kappa shape index (κ2) is 8.12. The van der Waals surface area contributed by atoms with Gasteiger partial charge < -0.3 is 14.9 Å². The van der Waals surface area contributed by atoms with Crippen LogP contribution in [0.2, 0.25) is 0 Å². The average molecular weight is 346 g/mol. The molecule has 0 aliphatic heterocycles. The van der Waals surface area contributed by atoms with Crippen molar-refractivity contribution in [1.29, 1.82) is 0 Å². The Bertz CT molecular complexity index is 638. The van der Waals surface area contributed by atoms with Crippen molar-refractivity contribution in [2.24, 2.45) is 5.41 Å². The molecule has 5 heteroatoms. The molecule has 1 atom stereocenters. The first-order valence-electron chi connectivity index (χ1n) is 7.98. The fourth-order valence-electron chi connectivity index (χ4n) is 2.91. The van der Waals surface area contributed by atoms with Gasteiger partial charge in [0.05, 0.1) is 6.10 Å². The number of hydrogen-bond donors (Lipinski definition) is 2. The molecule has 5 nitrogen and oxygen atoms in total. The van der Waals surface area contributed by atoms with Gasteiger partial charge in [0, 0.05) is 7.11 Å². The number of benzene rings is 1. The molecule has 0 aromatic heterocycles. The first-order valence-corrected chi connectivity index (χ1v) is 7.98. The lowest BCUT2D eigenvalue weighted by atomic mass is 9.76. The summed E-state index contributed by atoms with van der Waals surface area (Å²) in [6.07, 6.45) is 2.64. The minimum Gasteiger partial charge on any atom is -0.480 e. The molecule has 136 valence electrons. The Kier molecular flexibility index (Phi) is 6.70. The maximum absolute atomic E-state index is 11.9. The summed E-state index contributed by atoms with van der Waals surface area (Å²) in [5, 5.41) is 19.4. The highest BCUT2D eigenvalue weighted by molar-refractivity contribution is 6.05. The summed E-state index contributed by atoms with van der Waals surface area (Å²) in [7, 11) is 1.56. The molecular weight excluding hydrogens is 320 g/mol. The van der Waals surface area contributed by atoms with Gasteiger partial charge in [-0.15, -0.1) is 0 Å². The summed E-state index contributed by atoms with van der Waals surface area (Å²) in [6, 6.07) is 7.99. The highest BCUT2D eigenvalue weighted by atomic mass is 16.5. The summed E-state index contributed by atoms with van der Waals surface area (Å²) in [5.74, 6) is -2.81. The quantitative estimate of drug-likeness (QED) is 0.554. The predicted molar refractivity (Wildman–Crippen MR) is 96.5 cm³/mol. The third kappa shape index (κ3) is 4.37. The van der Waals surface area contributed by atoms with Gasteiger partial charge >= 0.3 is 11.9 Å². The van der Waals surface area contributed by atoms with Crippen molar-refractivity contribution in [1.82, 2.24) is 0 Å². The standard InChI is InChI=1S/C20H26O5/c1-6-14(16(25-5)19(2,3)4)12-13-20(17(21)22,18(23)24)15-10-8-7-9-11-15/h6-12,16H,1,13H2,2-5H3,(H,21,22)(H,23,24)/b14-12+/t16-/m0/s1. The number of carbonyl (C=O) groups is 2. The van der Waals surface area contributed by atoms with Gasteiger partial charge in [0.2, 0.25) is 0 Å². The normalized spacial score (nSPS) is 14.0. The molecule has 2 N–H and O–H groups in total. The Morgan fingerprint density at radius 1 is 1.16 bits per heavy atom. The number of rotatable bonds is 8. The number of ether oxygens (including phenoxy) is 1. The van der Waals surface area contributed by atoms with Crippen molar-refractivity contribution < 1.29 is 24.5 Å². The Balaban J connectivity index is 3.42. The Morgan fingerprint density at radius 2 is 1.68 bits per heavy atom. The van der Waals surface area contributed by atoms with Gasteiger partial charge in [0.15, 0.2) is 5.41 Å². The lowest BCUT2D eigenvalue weighted by molar-refractivity contribution is -0.157. The zero-order chi connectivity index (χ0) is 19.3. The second-order valence-corrected chi connectivity index (χ2v) is 6.98. The third-order valence-corrected chi connectivity index (χ3v) is 4.20. The first-order chi connectivity index (χ1) is 11.6. The number of hydrogen-bond acceptors (Lipinski definition) is 3. The number of carboxylic acid groups (broad SMARTS) is 2. The third-order valence-electron chi connectivity index (χ3n) is 4.20. The molecular formula is C20H26O5. The van der Waals surface area contributed by atoms with Crippen LogP contribution in [-0.2, 0) is 19.7 Å². The van der Waals surface area contributed by atoms with Crippen LogP contribution in [0.4, 0.5) is 0 Å². The lowest BCUT2D eigenvalue weighted by Crippen LogP contribution is -2.43. The van der Waals surface area contributed by atoms with Gasteiger partial charge in [-0.3, -0.25) is 9.59 Å². The van der Waals surface area contributed by atoms with E-state index in [0.29, 0.717) is 5.57 Å². The van der Waals surface area contributed by atoms with E-state index in [4.69, 9.17) is 4.74 Å². The molecule has 0 saturated heterocycles. The average Bonchev–Trinajstić information content (AvgIpc) is 2.53. The minimum absolute atomic E-state index is 0.209. The summed E-state index contributed by atoms with van der Waals surface area (Å²) >= 11 is 0. The number of allylic oxidation sites excluding steroid dienone is 1.